The summed E-state index contributed by atoms with van der Waals surface area (Å²) in [5, 5.41) is 23.4. The minimum absolute atomic E-state index is 0.148. The summed E-state index contributed by atoms with van der Waals surface area (Å²) in [6.45, 7) is 4.68. The van der Waals surface area contributed by atoms with Crippen LogP contribution in [-0.4, -0.2) is 56.9 Å². The van der Waals surface area contributed by atoms with E-state index in [-0.39, 0.29) is 19.6 Å². The smallest absolute Gasteiger partial charge is 0.309 e. The van der Waals surface area contributed by atoms with Crippen molar-refractivity contribution >= 4 is 23.5 Å². The predicted octanol–water partition coefficient (Wildman–Crippen LogP) is 6.18. The second kappa shape index (κ2) is 17.1. The number of nitrogens with one attached hydrogen (secondary N) is 1. The number of carboxylic acid groups (broad SMARTS) is 1. The fraction of sp³-hybridized carbons (Fsp3) is 0.279. The van der Waals surface area contributed by atoms with E-state index in [4.69, 9.17) is 9.47 Å². The van der Waals surface area contributed by atoms with Crippen molar-refractivity contribution in [2.24, 2.45) is 17.8 Å². The maximum absolute atomic E-state index is 14.6. The number of nitrogens with zero attached hydrogens (tertiary/aromatic N) is 2. The number of para-hydroxylation sites is 2. The van der Waals surface area contributed by atoms with Gasteiger partial charge in [0.2, 0.25) is 11.8 Å². The quantitative estimate of drug-likeness (QED) is 0.0938. The summed E-state index contributed by atoms with van der Waals surface area (Å²) in [4.78, 5) is 69.4. The largest absolute Gasteiger partial charge is 0.502 e. The summed E-state index contributed by atoms with van der Waals surface area (Å²) in [5.41, 5.74) is -1.03. The Morgan fingerprint density at radius 3 is 1.42 bits per heavy atom. The van der Waals surface area contributed by atoms with Gasteiger partial charge in [0.15, 0.2) is 5.75 Å². The second-order valence-electron chi connectivity index (χ2n) is 13.6. The third kappa shape index (κ3) is 8.54. The number of aliphatic carboxylic acids is 1. The molecule has 5 aromatic carbocycles. The van der Waals surface area contributed by atoms with Crippen LogP contribution < -0.4 is 25.6 Å². The molecule has 0 aliphatic heterocycles. The Kier molecular flexibility index (Phi) is 11.9. The molecule has 12 nitrogen and oxygen atoms in total. The summed E-state index contributed by atoms with van der Waals surface area (Å²) >= 11 is 0. The van der Waals surface area contributed by atoms with Gasteiger partial charge < -0.3 is 34.8 Å². The molecule has 0 spiro atoms. The van der Waals surface area contributed by atoms with Crippen LogP contribution in [-0.2, 0) is 27.5 Å². The molecule has 0 aromatic heterocycles. The second-order valence-corrected chi connectivity index (χ2v) is 13.6. The van der Waals surface area contributed by atoms with E-state index in [1.54, 1.807) is 34.1 Å². The molecule has 4 unspecified atom stereocenters. The first-order valence-corrected chi connectivity index (χ1v) is 18.3. The van der Waals surface area contributed by atoms with Crippen LogP contribution in [0.3, 0.4) is 0 Å². The first-order valence-electron chi connectivity index (χ1n) is 18.3. The minimum atomic E-state index is -1.44. The van der Waals surface area contributed by atoms with Crippen molar-refractivity contribution in [2.45, 2.75) is 45.8 Å². The average Bonchev–Trinajstić information content (AvgIpc) is 3.18. The van der Waals surface area contributed by atoms with Gasteiger partial charge in [0.25, 0.3) is 10.9 Å². The van der Waals surface area contributed by atoms with Crippen molar-refractivity contribution in [1.82, 2.24) is 9.80 Å². The molecule has 1 aliphatic rings. The third-order valence-corrected chi connectivity index (χ3v) is 9.76. The zero-order valence-electron chi connectivity index (χ0n) is 30.6. The number of hydrogen-bond donors (Lipinski definition) is 3. The van der Waals surface area contributed by atoms with Crippen molar-refractivity contribution in [3.8, 4) is 28.7 Å². The number of hydrogen-bond acceptors (Lipinski definition) is 9. The molecule has 0 saturated heterocycles. The minimum Gasteiger partial charge on any atom is -0.502 e. The molecule has 12 heteroatoms. The third-order valence-electron chi connectivity index (χ3n) is 9.76. The maximum atomic E-state index is 14.6. The topological polar surface area (TPSA) is 163 Å². The number of aromatic hydroxyl groups is 1. The Bertz CT molecular complexity index is 2170. The van der Waals surface area contributed by atoms with E-state index in [1.165, 1.54) is 0 Å². The van der Waals surface area contributed by atoms with Crippen molar-refractivity contribution in [3.05, 3.63) is 141 Å². The van der Waals surface area contributed by atoms with Gasteiger partial charge in [0.05, 0.1) is 23.8 Å². The van der Waals surface area contributed by atoms with E-state index >= 15 is 0 Å². The molecule has 0 bridgehead atoms. The molecular formula is C43H43N3O9. The van der Waals surface area contributed by atoms with Gasteiger partial charge in [0, 0.05) is 26.2 Å². The Morgan fingerprint density at radius 1 is 0.600 bits per heavy atom. The highest BCUT2D eigenvalue weighted by atomic mass is 16.5. The molecule has 2 amide bonds. The lowest BCUT2D eigenvalue weighted by Crippen LogP contribution is -2.68. The zero-order chi connectivity index (χ0) is 39.1. The summed E-state index contributed by atoms with van der Waals surface area (Å²) in [6, 6.07) is 31.8. The Balaban J connectivity index is 1.26. The SMILES string of the molecule is CCCN(Cc1ccc(Oc2ccccc2)cc1)C(=O)C1C(Nc2c(O)c(=O)c2=O)C(C(=O)O)C1C(=O)N(CCC)Cc1ccc(Oc2ccccc2)cc1. The number of rotatable bonds is 17. The van der Waals surface area contributed by atoms with Gasteiger partial charge in [-0.2, -0.15) is 0 Å². The lowest BCUT2D eigenvalue weighted by atomic mass is 9.59. The highest BCUT2D eigenvalue weighted by molar-refractivity contribution is 5.96. The molecule has 1 fully saturated rings. The Hall–Kier alpha value is -6.43. The van der Waals surface area contributed by atoms with Gasteiger partial charge in [0.1, 0.15) is 28.7 Å². The highest BCUT2D eigenvalue weighted by Gasteiger charge is 2.62. The number of benzene rings is 4. The number of carboxylic acids is 1. The maximum Gasteiger partial charge on any atom is 0.309 e. The van der Waals surface area contributed by atoms with Crippen LogP contribution in [0.4, 0.5) is 5.69 Å². The van der Waals surface area contributed by atoms with Crippen LogP contribution in [0.1, 0.15) is 37.8 Å². The van der Waals surface area contributed by atoms with Gasteiger partial charge in [-0.05, 0) is 72.5 Å². The lowest BCUT2D eigenvalue weighted by Gasteiger charge is -2.50. The van der Waals surface area contributed by atoms with Gasteiger partial charge in [-0.3, -0.25) is 24.0 Å². The first kappa shape index (κ1) is 38.3. The molecule has 1 aliphatic carbocycles. The van der Waals surface area contributed by atoms with Crippen molar-refractivity contribution in [2.75, 3.05) is 18.4 Å². The number of carbonyl (C=O) groups excluding carboxylic acids is 2. The van der Waals surface area contributed by atoms with Crippen LogP contribution in [0.15, 0.2) is 119 Å². The van der Waals surface area contributed by atoms with E-state index in [0.29, 0.717) is 42.4 Å². The van der Waals surface area contributed by atoms with Crippen LogP contribution >= 0.6 is 0 Å². The molecule has 55 heavy (non-hydrogen) atoms. The van der Waals surface area contributed by atoms with Crippen LogP contribution in [0.2, 0.25) is 0 Å². The Morgan fingerprint density at radius 2 is 1.02 bits per heavy atom. The van der Waals surface area contributed by atoms with E-state index in [9.17, 15) is 34.2 Å². The number of amides is 2. The van der Waals surface area contributed by atoms with Crippen LogP contribution in [0, 0.1) is 17.8 Å². The molecular weight excluding hydrogens is 702 g/mol. The van der Waals surface area contributed by atoms with Gasteiger partial charge in [-0.1, -0.05) is 74.5 Å². The Labute approximate surface area is 318 Å². The van der Waals surface area contributed by atoms with Crippen molar-refractivity contribution < 1.29 is 34.1 Å². The zero-order valence-corrected chi connectivity index (χ0v) is 30.6. The van der Waals surface area contributed by atoms with Crippen LogP contribution in [0.25, 0.3) is 0 Å². The highest BCUT2D eigenvalue weighted by Crippen LogP contribution is 2.46. The summed E-state index contributed by atoms with van der Waals surface area (Å²) in [5.74, 6) is -4.63. The number of ether oxygens (including phenoxy) is 2. The van der Waals surface area contributed by atoms with Gasteiger partial charge in [-0.25, -0.2) is 0 Å². The van der Waals surface area contributed by atoms with E-state index < -0.39 is 63.9 Å². The monoisotopic (exact) mass is 745 g/mol. The van der Waals surface area contributed by atoms with E-state index in [1.807, 2.05) is 98.8 Å². The molecule has 5 aromatic rings. The molecule has 4 atom stereocenters. The lowest BCUT2D eigenvalue weighted by molar-refractivity contribution is -0.170. The molecule has 6 rings (SSSR count). The first-order chi connectivity index (χ1) is 26.6. The molecule has 1 saturated carbocycles. The fourth-order valence-electron chi connectivity index (χ4n) is 7.04. The average molecular weight is 746 g/mol. The summed E-state index contributed by atoms with van der Waals surface area (Å²) in [7, 11) is 0. The van der Waals surface area contributed by atoms with Crippen molar-refractivity contribution in [1.29, 1.82) is 0 Å². The standard InChI is InChI=1S/C43H43N3O9/c1-3-23-45(25-27-15-19-31(20-16-27)54-29-11-7-5-8-12-29)41(50)33-34(36(35(33)43(52)53)44-37-38(47)40(49)39(37)48)42(51)46(24-4-2)26-28-17-21-32(22-18-28)55-30-13-9-6-10-14-30/h5-22,33-36,44,47H,3-4,23-26H2,1-2H3,(H,52,53). The van der Waals surface area contributed by atoms with Crippen molar-refractivity contribution in [3.63, 3.8) is 0 Å². The molecule has 3 N–H and O–H groups in total. The normalized spacial score (nSPS) is 17.5. The van der Waals surface area contributed by atoms with E-state index in [2.05, 4.69) is 5.32 Å². The fourth-order valence-corrected chi connectivity index (χ4v) is 7.04. The van der Waals surface area contributed by atoms with E-state index in [0.717, 1.165) is 11.1 Å². The molecule has 0 heterocycles. The van der Waals surface area contributed by atoms with Gasteiger partial charge >= 0.3 is 5.97 Å². The number of anilines is 1. The molecule has 284 valence electrons. The van der Waals surface area contributed by atoms with Crippen LogP contribution in [0.5, 0.6) is 28.7 Å². The predicted molar refractivity (Wildman–Crippen MR) is 206 cm³/mol. The summed E-state index contributed by atoms with van der Waals surface area (Å²) < 4.78 is 11.8. The summed E-state index contributed by atoms with van der Waals surface area (Å²) in [6.07, 6.45) is 1.13. The van der Waals surface area contributed by atoms with Gasteiger partial charge in [-0.15, -0.1) is 0 Å². The molecule has 0 radical (unpaired) electrons. The number of carbonyl (C=O) groups is 3.